The fourth-order valence-corrected chi connectivity index (χ4v) is 2.67. The van der Waals surface area contributed by atoms with E-state index in [4.69, 9.17) is 5.11 Å². The molecule has 5 heteroatoms. The maximum Gasteiger partial charge on any atom is 0.248 e. The Labute approximate surface area is 106 Å². The Kier molecular flexibility index (Phi) is 4.20. The van der Waals surface area contributed by atoms with Crippen LogP contribution in [0.4, 0.5) is 8.78 Å². The Morgan fingerprint density at radius 1 is 1.22 bits per heavy atom. The van der Waals surface area contributed by atoms with Crippen molar-refractivity contribution in [3.63, 3.8) is 0 Å². The van der Waals surface area contributed by atoms with Crippen molar-refractivity contribution in [3.8, 4) is 0 Å². The minimum Gasteiger partial charge on any atom is -0.395 e. The number of nitrogens with zero attached hydrogens (tertiary/aromatic N) is 1. The lowest BCUT2D eigenvalue weighted by molar-refractivity contribution is -0.134. The molecule has 104 valence electrons. The number of halogens is 2. The number of aliphatic hydroxyl groups excluding tert-OH is 1. The molecule has 0 aliphatic heterocycles. The predicted molar refractivity (Wildman–Crippen MR) is 63.3 cm³/mol. The molecule has 3 nitrogen and oxygen atoms in total. The normalized spacial score (nSPS) is 23.9. The molecule has 0 spiro atoms. The van der Waals surface area contributed by atoms with Gasteiger partial charge in [-0.1, -0.05) is 0 Å². The third-order valence-corrected chi connectivity index (χ3v) is 3.95. The lowest BCUT2D eigenvalue weighted by Gasteiger charge is -2.30. The second-order valence-corrected chi connectivity index (χ2v) is 5.55. The standard InChI is InChI=1S/C13H21F2NO2/c14-13(15)5-3-10(4-6-13)9-12(18)16(7-8-17)11-1-2-11/h10-11,17H,1-9H2. The first-order valence-electron chi connectivity index (χ1n) is 6.80. The third kappa shape index (κ3) is 3.64. The van der Waals surface area contributed by atoms with Crippen LogP contribution in [0.25, 0.3) is 0 Å². The lowest BCUT2D eigenvalue weighted by Crippen LogP contribution is -2.37. The molecule has 0 saturated heterocycles. The highest BCUT2D eigenvalue weighted by Crippen LogP contribution is 2.38. The molecular formula is C13H21F2NO2. The molecule has 0 unspecified atom stereocenters. The van der Waals surface area contributed by atoms with Crippen LogP contribution in [0.15, 0.2) is 0 Å². The summed E-state index contributed by atoms with van der Waals surface area (Å²) < 4.78 is 26.0. The van der Waals surface area contributed by atoms with Gasteiger partial charge in [-0.2, -0.15) is 0 Å². The summed E-state index contributed by atoms with van der Waals surface area (Å²) in [5, 5.41) is 8.94. The van der Waals surface area contributed by atoms with E-state index in [2.05, 4.69) is 0 Å². The van der Waals surface area contributed by atoms with E-state index in [9.17, 15) is 13.6 Å². The number of aliphatic hydroxyl groups is 1. The number of carbonyl (C=O) groups is 1. The van der Waals surface area contributed by atoms with Gasteiger partial charge in [0, 0.05) is 31.8 Å². The van der Waals surface area contributed by atoms with Crippen LogP contribution >= 0.6 is 0 Å². The highest BCUT2D eigenvalue weighted by molar-refractivity contribution is 5.77. The van der Waals surface area contributed by atoms with Crippen LogP contribution in [0.1, 0.15) is 44.9 Å². The van der Waals surface area contributed by atoms with Crippen molar-refractivity contribution in [2.24, 2.45) is 5.92 Å². The van der Waals surface area contributed by atoms with Crippen LogP contribution in [-0.4, -0.2) is 41.0 Å². The fraction of sp³-hybridized carbons (Fsp3) is 0.923. The molecule has 0 atom stereocenters. The van der Waals surface area contributed by atoms with Crippen LogP contribution in [0.3, 0.4) is 0 Å². The highest BCUT2D eigenvalue weighted by atomic mass is 19.3. The van der Waals surface area contributed by atoms with E-state index in [1.807, 2.05) is 0 Å². The van der Waals surface area contributed by atoms with Crippen molar-refractivity contribution in [3.05, 3.63) is 0 Å². The zero-order chi connectivity index (χ0) is 13.2. The van der Waals surface area contributed by atoms with E-state index in [0.29, 0.717) is 25.8 Å². The maximum atomic E-state index is 13.0. The molecule has 2 saturated carbocycles. The summed E-state index contributed by atoms with van der Waals surface area (Å²) in [4.78, 5) is 13.8. The van der Waals surface area contributed by atoms with Gasteiger partial charge in [-0.15, -0.1) is 0 Å². The summed E-state index contributed by atoms with van der Waals surface area (Å²) in [6.07, 6.45) is 3.09. The molecule has 0 aromatic rings. The lowest BCUT2D eigenvalue weighted by atomic mass is 9.84. The van der Waals surface area contributed by atoms with Gasteiger partial charge < -0.3 is 10.0 Å². The third-order valence-electron chi connectivity index (χ3n) is 3.95. The monoisotopic (exact) mass is 261 g/mol. The minimum atomic E-state index is -2.53. The predicted octanol–water partition coefficient (Wildman–Crippen LogP) is 2.19. The van der Waals surface area contributed by atoms with Gasteiger partial charge >= 0.3 is 0 Å². The number of carbonyl (C=O) groups excluding carboxylic acids is 1. The second-order valence-electron chi connectivity index (χ2n) is 5.55. The van der Waals surface area contributed by atoms with Crippen molar-refractivity contribution < 1.29 is 18.7 Å². The first kappa shape index (κ1) is 13.7. The quantitative estimate of drug-likeness (QED) is 0.824. The molecule has 0 heterocycles. The van der Waals surface area contributed by atoms with E-state index in [-0.39, 0.29) is 37.3 Å². The zero-order valence-corrected chi connectivity index (χ0v) is 10.6. The Balaban J connectivity index is 1.79. The topological polar surface area (TPSA) is 40.5 Å². The molecular weight excluding hydrogens is 240 g/mol. The molecule has 18 heavy (non-hydrogen) atoms. The Morgan fingerprint density at radius 2 is 1.83 bits per heavy atom. The van der Waals surface area contributed by atoms with Crippen molar-refractivity contribution in [1.82, 2.24) is 4.90 Å². The number of hydrogen-bond acceptors (Lipinski definition) is 2. The van der Waals surface area contributed by atoms with E-state index < -0.39 is 5.92 Å². The first-order valence-corrected chi connectivity index (χ1v) is 6.80. The molecule has 0 bridgehead atoms. The highest BCUT2D eigenvalue weighted by Gasteiger charge is 2.37. The second kappa shape index (κ2) is 5.51. The number of alkyl halides is 2. The average Bonchev–Trinajstić information content (AvgIpc) is 3.13. The van der Waals surface area contributed by atoms with Gasteiger partial charge in [0.15, 0.2) is 0 Å². The average molecular weight is 261 g/mol. The molecule has 0 aromatic carbocycles. The van der Waals surface area contributed by atoms with Gasteiger partial charge in [-0.25, -0.2) is 8.78 Å². The molecule has 2 aliphatic carbocycles. The Morgan fingerprint density at radius 3 is 2.33 bits per heavy atom. The van der Waals surface area contributed by atoms with Gasteiger partial charge in [-0.05, 0) is 31.6 Å². The van der Waals surface area contributed by atoms with E-state index in [0.717, 1.165) is 12.8 Å². The van der Waals surface area contributed by atoms with Crippen LogP contribution < -0.4 is 0 Å². The number of rotatable bonds is 5. The van der Waals surface area contributed by atoms with E-state index in [1.54, 1.807) is 4.90 Å². The molecule has 2 aliphatic rings. The van der Waals surface area contributed by atoms with Crippen molar-refractivity contribution in [2.75, 3.05) is 13.2 Å². The van der Waals surface area contributed by atoms with Crippen LogP contribution in [0, 0.1) is 5.92 Å². The first-order chi connectivity index (χ1) is 8.52. The maximum absolute atomic E-state index is 13.0. The van der Waals surface area contributed by atoms with Gasteiger partial charge in [0.25, 0.3) is 0 Å². The Bertz CT molecular complexity index is 295. The molecule has 0 radical (unpaired) electrons. The van der Waals surface area contributed by atoms with Crippen LogP contribution in [0.5, 0.6) is 0 Å². The van der Waals surface area contributed by atoms with Gasteiger partial charge in [0.2, 0.25) is 11.8 Å². The van der Waals surface area contributed by atoms with Gasteiger partial charge in [0.1, 0.15) is 0 Å². The van der Waals surface area contributed by atoms with E-state index in [1.165, 1.54) is 0 Å². The molecule has 2 fully saturated rings. The van der Waals surface area contributed by atoms with E-state index >= 15 is 0 Å². The molecule has 1 N–H and O–H groups in total. The smallest absolute Gasteiger partial charge is 0.248 e. The fourth-order valence-electron chi connectivity index (χ4n) is 2.67. The summed E-state index contributed by atoms with van der Waals surface area (Å²) in [5.74, 6) is -2.40. The van der Waals surface area contributed by atoms with Gasteiger partial charge in [-0.3, -0.25) is 4.79 Å². The summed E-state index contributed by atoms with van der Waals surface area (Å²) in [6, 6.07) is 0.287. The molecule has 2 rings (SSSR count). The van der Waals surface area contributed by atoms with Crippen LogP contribution in [0.2, 0.25) is 0 Å². The summed E-state index contributed by atoms with van der Waals surface area (Å²) >= 11 is 0. The van der Waals surface area contributed by atoms with Crippen molar-refractivity contribution in [1.29, 1.82) is 0 Å². The minimum absolute atomic E-state index is 0.0228. The summed E-state index contributed by atoms with van der Waals surface area (Å²) in [6.45, 7) is 0.358. The molecule has 1 amide bonds. The van der Waals surface area contributed by atoms with Crippen LogP contribution in [-0.2, 0) is 4.79 Å². The number of amides is 1. The SMILES string of the molecule is O=C(CC1CCC(F)(F)CC1)N(CCO)C1CC1. The zero-order valence-electron chi connectivity index (χ0n) is 10.6. The number of hydrogen-bond donors (Lipinski definition) is 1. The van der Waals surface area contributed by atoms with Crippen molar-refractivity contribution in [2.45, 2.75) is 56.9 Å². The molecule has 0 aromatic heterocycles. The van der Waals surface area contributed by atoms with Gasteiger partial charge in [0.05, 0.1) is 6.61 Å². The Hall–Kier alpha value is -0.710. The largest absolute Gasteiger partial charge is 0.395 e. The summed E-state index contributed by atoms with van der Waals surface area (Å²) in [5.41, 5.74) is 0. The summed E-state index contributed by atoms with van der Waals surface area (Å²) in [7, 11) is 0. The van der Waals surface area contributed by atoms with Crippen molar-refractivity contribution >= 4 is 5.91 Å².